The molecule has 8 nitrogen and oxygen atoms in total. The molecule has 8 heteroatoms. The summed E-state index contributed by atoms with van der Waals surface area (Å²) in [6.45, 7) is 5.75. The molecule has 1 fully saturated rings. The number of piperazine rings is 1. The zero-order chi connectivity index (χ0) is 13.8. The Balaban J connectivity index is 1.94. The van der Waals surface area contributed by atoms with Crippen molar-refractivity contribution >= 4 is 5.97 Å². The van der Waals surface area contributed by atoms with E-state index < -0.39 is 5.97 Å². The van der Waals surface area contributed by atoms with Gasteiger partial charge in [-0.1, -0.05) is 5.21 Å². The highest BCUT2D eigenvalue weighted by Crippen LogP contribution is 2.06. The van der Waals surface area contributed by atoms with Gasteiger partial charge in [0.05, 0.1) is 12.2 Å². The van der Waals surface area contributed by atoms with E-state index in [-0.39, 0.29) is 12.2 Å². The van der Waals surface area contributed by atoms with Gasteiger partial charge in [0.1, 0.15) is 0 Å². The fourth-order valence-electron chi connectivity index (χ4n) is 2.19. The number of hydrogen-bond donors (Lipinski definition) is 2. The van der Waals surface area contributed by atoms with E-state index in [1.54, 1.807) is 4.68 Å². The highest BCUT2D eigenvalue weighted by molar-refractivity contribution is 5.86. The molecular formula is C11H20N6O2. The molecule has 0 aromatic carbocycles. The van der Waals surface area contributed by atoms with Crippen molar-refractivity contribution in [3.63, 3.8) is 0 Å². The molecule has 106 valence electrons. The summed E-state index contributed by atoms with van der Waals surface area (Å²) < 4.78 is 1.60. The van der Waals surface area contributed by atoms with Crippen LogP contribution >= 0.6 is 0 Å². The molecule has 3 N–H and O–H groups in total. The van der Waals surface area contributed by atoms with E-state index in [1.165, 1.54) is 0 Å². The number of aromatic nitrogens is 3. The maximum Gasteiger partial charge on any atom is 0.358 e. The molecule has 1 aliphatic heterocycles. The summed E-state index contributed by atoms with van der Waals surface area (Å²) in [5.41, 5.74) is 6.02. The van der Waals surface area contributed by atoms with Crippen molar-refractivity contribution in [2.24, 2.45) is 5.73 Å². The van der Waals surface area contributed by atoms with Crippen LogP contribution in [0.15, 0.2) is 0 Å². The van der Waals surface area contributed by atoms with Crippen LogP contribution in [0.2, 0.25) is 0 Å². The summed E-state index contributed by atoms with van der Waals surface area (Å²) in [6, 6.07) is 0. The van der Waals surface area contributed by atoms with E-state index >= 15 is 0 Å². The summed E-state index contributed by atoms with van der Waals surface area (Å²) in [7, 11) is 2.11. The molecule has 0 saturated carbocycles. The average Bonchev–Trinajstić information content (AvgIpc) is 2.81. The van der Waals surface area contributed by atoms with Gasteiger partial charge in [0.2, 0.25) is 0 Å². The number of carboxylic acid groups (broad SMARTS) is 1. The lowest BCUT2D eigenvalue weighted by atomic mass is 10.3. The van der Waals surface area contributed by atoms with E-state index in [0.717, 1.165) is 32.7 Å². The smallest absolute Gasteiger partial charge is 0.358 e. The number of nitrogens with zero attached hydrogens (tertiary/aromatic N) is 5. The van der Waals surface area contributed by atoms with Gasteiger partial charge in [-0.2, -0.15) is 0 Å². The second-order valence-corrected chi connectivity index (χ2v) is 4.76. The summed E-state index contributed by atoms with van der Waals surface area (Å²) >= 11 is 0. The second-order valence-electron chi connectivity index (χ2n) is 4.76. The van der Waals surface area contributed by atoms with E-state index in [1.807, 2.05) is 0 Å². The number of likely N-dealkylation sites (N-methyl/N-ethyl adjacent to an activating group) is 1. The van der Waals surface area contributed by atoms with E-state index in [9.17, 15) is 4.79 Å². The maximum atomic E-state index is 10.9. The SMILES string of the molecule is CN1CCN(CCn2nnc(C(=O)O)c2CN)CC1. The maximum absolute atomic E-state index is 10.9. The number of carboxylic acids is 1. The van der Waals surface area contributed by atoms with Gasteiger partial charge in [-0.25, -0.2) is 9.48 Å². The Bertz CT molecular complexity index is 438. The highest BCUT2D eigenvalue weighted by atomic mass is 16.4. The van der Waals surface area contributed by atoms with Crippen molar-refractivity contribution < 1.29 is 9.90 Å². The third kappa shape index (κ3) is 3.28. The summed E-state index contributed by atoms with van der Waals surface area (Å²) in [6.07, 6.45) is 0. The molecule has 0 bridgehead atoms. The quantitative estimate of drug-likeness (QED) is 0.683. The fourth-order valence-corrected chi connectivity index (χ4v) is 2.19. The summed E-state index contributed by atoms with van der Waals surface area (Å²) in [5.74, 6) is -1.08. The van der Waals surface area contributed by atoms with E-state index in [4.69, 9.17) is 10.8 Å². The predicted molar refractivity (Wildman–Crippen MR) is 68.8 cm³/mol. The lowest BCUT2D eigenvalue weighted by molar-refractivity contribution is 0.0689. The van der Waals surface area contributed by atoms with Crippen LogP contribution in [-0.4, -0.2) is 75.6 Å². The van der Waals surface area contributed by atoms with Crippen molar-refractivity contribution in [1.82, 2.24) is 24.8 Å². The molecular weight excluding hydrogens is 248 g/mol. The largest absolute Gasteiger partial charge is 0.476 e. The Kier molecular flexibility index (Phi) is 4.46. The molecule has 1 aromatic rings. The van der Waals surface area contributed by atoms with Crippen LogP contribution in [0.1, 0.15) is 16.2 Å². The third-order valence-corrected chi connectivity index (χ3v) is 3.46. The first-order chi connectivity index (χ1) is 9.11. The van der Waals surface area contributed by atoms with Crippen LogP contribution in [0, 0.1) is 0 Å². The van der Waals surface area contributed by atoms with Gasteiger partial charge in [-0.15, -0.1) is 5.10 Å². The zero-order valence-corrected chi connectivity index (χ0v) is 11.1. The van der Waals surface area contributed by atoms with E-state index in [0.29, 0.717) is 12.2 Å². The highest BCUT2D eigenvalue weighted by Gasteiger charge is 2.19. The van der Waals surface area contributed by atoms with Crippen molar-refractivity contribution in [2.45, 2.75) is 13.1 Å². The lowest BCUT2D eigenvalue weighted by Gasteiger charge is -2.32. The molecule has 0 unspecified atom stereocenters. The van der Waals surface area contributed by atoms with Crippen LogP contribution in [0.3, 0.4) is 0 Å². The Morgan fingerprint density at radius 3 is 2.58 bits per heavy atom. The third-order valence-electron chi connectivity index (χ3n) is 3.46. The van der Waals surface area contributed by atoms with Crippen LogP contribution in [0.25, 0.3) is 0 Å². The van der Waals surface area contributed by atoms with Gasteiger partial charge in [0.25, 0.3) is 0 Å². The molecule has 0 amide bonds. The minimum absolute atomic E-state index is 0.0409. The molecule has 0 aliphatic carbocycles. The minimum atomic E-state index is -1.08. The van der Waals surface area contributed by atoms with Gasteiger partial charge in [0, 0.05) is 39.3 Å². The monoisotopic (exact) mass is 268 g/mol. The van der Waals surface area contributed by atoms with Gasteiger partial charge in [-0.05, 0) is 7.05 Å². The molecule has 0 spiro atoms. The Labute approximate surface area is 111 Å². The van der Waals surface area contributed by atoms with Gasteiger partial charge >= 0.3 is 5.97 Å². The van der Waals surface area contributed by atoms with Crippen LogP contribution in [0.5, 0.6) is 0 Å². The zero-order valence-electron chi connectivity index (χ0n) is 11.1. The average molecular weight is 268 g/mol. The topological polar surface area (TPSA) is 101 Å². The van der Waals surface area contributed by atoms with E-state index in [2.05, 4.69) is 27.2 Å². The first-order valence-corrected chi connectivity index (χ1v) is 6.38. The van der Waals surface area contributed by atoms with Gasteiger partial charge in [-0.3, -0.25) is 4.90 Å². The number of aromatic carboxylic acids is 1. The number of carbonyl (C=O) groups is 1. The number of hydrogen-bond acceptors (Lipinski definition) is 6. The first kappa shape index (κ1) is 13.9. The Morgan fingerprint density at radius 2 is 2.00 bits per heavy atom. The van der Waals surface area contributed by atoms with Gasteiger partial charge < -0.3 is 15.7 Å². The van der Waals surface area contributed by atoms with Crippen LogP contribution in [0.4, 0.5) is 0 Å². The number of rotatable bonds is 5. The standard InChI is InChI=1S/C11H20N6O2/c1-15-2-4-16(5-3-15)6-7-17-9(8-12)10(11(18)19)13-14-17/h2-8,12H2,1H3,(H,18,19). The Morgan fingerprint density at radius 1 is 1.32 bits per heavy atom. The second kappa shape index (κ2) is 6.09. The van der Waals surface area contributed by atoms with Crippen LogP contribution in [-0.2, 0) is 13.1 Å². The first-order valence-electron chi connectivity index (χ1n) is 6.38. The predicted octanol–water partition coefficient (Wildman–Crippen LogP) is -1.32. The molecule has 2 heterocycles. The van der Waals surface area contributed by atoms with Crippen LogP contribution < -0.4 is 5.73 Å². The van der Waals surface area contributed by atoms with Gasteiger partial charge in [0.15, 0.2) is 5.69 Å². The molecule has 1 saturated heterocycles. The van der Waals surface area contributed by atoms with Crippen molar-refractivity contribution in [2.75, 3.05) is 39.8 Å². The van der Waals surface area contributed by atoms with Crippen molar-refractivity contribution in [3.8, 4) is 0 Å². The molecule has 0 radical (unpaired) electrons. The minimum Gasteiger partial charge on any atom is -0.476 e. The summed E-state index contributed by atoms with van der Waals surface area (Å²) in [5, 5.41) is 16.5. The summed E-state index contributed by atoms with van der Waals surface area (Å²) in [4.78, 5) is 15.6. The number of nitrogens with two attached hydrogens (primary N) is 1. The normalized spacial score (nSPS) is 17.8. The van der Waals surface area contributed by atoms with Crippen molar-refractivity contribution in [1.29, 1.82) is 0 Å². The lowest BCUT2D eigenvalue weighted by Crippen LogP contribution is -2.45. The molecule has 0 atom stereocenters. The molecule has 1 aromatic heterocycles. The molecule has 19 heavy (non-hydrogen) atoms. The molecule has 1 aliphatic rings. The van der Waals surface area contributed by atoms with Crippen molar-refractivity contribution in [3.05, 3.63) is 11.4 Å². The molecule has 2 rings (SSSR count). The Hall–Kier alpha value is -1.51. The fraction of sp³-hybridized carbons (Fsp3) is 0.727.